The van der Waals surface area contributed by atoms with Crippen molar-refractivity contribution in [3.8, 4) is 5.69 Å². The van der Waals surface area contributed by atoms with E-state index in [2.05, 4.69) is 35.4 Å². The van der Waals surface area contributed by atoms with Gasteiger partial charge in [0.25, 0.3) is 0 Å². The molecule has 0 aliphatic carbocycles. The molecule has 0 aliphatic rings. The summed E-state index contributed by atoms with van der Waals surface area (Å²) in [5.74, 6) is 1.33. The number of aromatic nitrogens is 2. The van der Waals surface area contributed by atoms with E-state index >= 15 is 0 Å². The Bertz CT molecular complexity index is 683. The fourth-order valence-electron chi connectivity index (χ4n) is 3.12. The summed E-state index contributed by atoms with van der Waals surface area (Å²) < 4.78 is 1.89. The van der Waals surface area contributed by atoms with E-state index in [9.17, 15) is 5.11 Å². The fraction of sp³-hybridized carbons (Fsp3) is 0.524. The lowest BCUT2D eigenvalue weighted by Crippen LogP contribution is -2.38. The third-order valence-electron chi connectivity index (χ3n) is 4.51. The highest BCUT2D eigenvalue weighted by atomic mass is 127. The molecule has 0 amide bonds. The first-order valence-electron chi connectivity index (χ1n) is 9.87. The van der Waals surface area contributed by atoms with Crippen LogP contribution < -0.4 is 5.32 Å². The van der Waals surface area contributed by atoms with Gasteiger partial charge in [0.15, 0.2) is 5.96 Å². The maximum absolute atomic E-state index is 9.25. The van der Waals surface area contributed by atoms with E-state index in [1.54, 1.807) is 0 Å². The standard InChI is InChI=1S/C21H33N5O.HI/c1-4-9-18(12-13-27)14-23-21(22-5-2)25(3)16-19-15-24-26(17-19)20-10-7-6-8-11-20;/h6-8,10-11,15,17-18,27H,4-5,9,12-14,16H2,1-3H3,(H,22,23);1H. The van der Waals surface area contributed by atoms with Gasteiger partial charge in [-0.05, 0) is 37.8 Å². The van der Waals surface area contributed by atoms with Gasteiger partial charge in [-0.15, -0.1) is 24.0 Å². The van der Waals surface area contributed by atoms with E-state index in [0.717, 1.165) is 56.1 Å². The number of hydrogen-bond donors (Lipinski definition) is 2. The van der Waals surface area contributed by atoms with E-state index < -0.39 is 0 Å². The maximum Gasteiger partial charge on any atom is 0.193 e. The number of halogens is 1. The second-order valence-electron chi connectivity index (χ2n) is 6.85. The Labute approximate surface area is 186 Å². The average Bonchev–Trinajstić information content (AvgIpc) is 3.14. The van der Waals surface area contributed by atoms with Gasteiger partial charge in [0.2, 0.25) is 0 Å². The number of guanidine groups is 1. The molecular formula is C21H34IN5O. The van der Waals surface area contributed by atoms with Gasteiger partial charge in [-0.1, -0.05) is 31.5 Å². The minimum atomic E-state index is 0. The number of aliphatic imine (C=N–C) groups is 1. The maximum atomic E-state index is 9.25. The lowest BCUT2D eigenvalue weighted by molar-refractivity contribution is 0.253. The van der Waals surface area contributed by atoms with E-state index in [1.165, 1.54) is 0 Å². The highest BCUT2D eigenvalue weighted by Crippen LogP contribution is 2.12. The summed E-state index contributed by atoms with van der Waals surface area (Å²) in [5.41, 5.74) is 2.19. The normalized spacial score (nSPS) is 12.4. The van der Waals surface area contributed by atoms with Gasteiger partial charge in [-0.3, -0.25) is 4.99 Å². The molecule has 1 unspecified atom stereocenters. The van der Waals surface area contributed by atoms with Crippen molar-refractivity contribution >= 4 is 29.9 Å². The van der Waals surface area contributed by atoms with E-state index in [-0.39, 0.29) is 30.6 Å². The van der Waals surface area contributed by atoms with Crippen LogP contribution in [0, 0.1) is 5.92 Å². The van der Waals surface area contributed by atoms with Gasteiger partial charge >= 0.3 is 0 Å². The Morgan fingerprint density at radius 3 is 2.64 bits per heavy atom. The Balaban J connectivity index is 0.00000392. The molecule has 7 heteroatoms. The van der Waals surface area contributed by atoms with E-state index in [4.69, 9.17) is 4.99 Å². The van der Waals surface area contributed by atoms with Gasteiger partial charge in [0, 0.05) is 45.0 Å². The number of nitrogens with zero attached hydrogens (tertiary/aromatic N) is 4. The van der Waals surface area contributed by atoms with Crippen molar-refractivity contribution in [3.05, 3.63) is 48.3 Å². The molecular weight excluding hydrogens is 465 g/mol. The molecule has 0 spiro atoms. The number of hydrogen-bond acceptors (Lipinski definition) is 3. The smallest absolute Gasteiger partial charge is 0.193 e. The molecule has 0 fully saturated rings. The van der Waals surface area contributed by atoms with Crippen molar-refractivity contribution in [2.45, 2.75) is 39.7 Å². The quantitative estimate of drug-likeness (QED) is 0.298. The van der Waals surface area contributed by atoms with Crippen LogP contribution in [0.25, 0.3) is 5.69 Å². The minimum absolute atomic E-state index is 0. The van der Waals surface area contributed by atoms with Crippen molar-refractivity contribution in [2.75, 3.05) is 26.7 Å². The lowest BCUT2D eigenvalue weighted by Gasteiger charge is -2.22. The SMILES string of the molecule is CCCC(CCO)CN=C(NCC)N(C)Cc1cnn(-c2ccccc2)c1.I. The summed E-state index contributed by atoms with van der Waals surface area (Å²) in [7, 11) is 2.04. The monoisotopic (exact) mass is 499 g/mol. The third kappa shape index (κ3) is 7.79. The Kier molecular flexibility index (Phi) is 11.8. The fourth-order valence-corrected chi connectivity index (χ4v) is 3.12. The molecule has 1 heterocycles. The molecule has 1 atom stereocenters. The second kappa shape index (κ2) is 13.5. The number of aliphatic hydroxyl groups excluding tert-OH is 1. The van der Waals surface area contributed by atoms with Crippen LogP contribution in [-0.4, -0.2) is 52.5 Å². The molecule has 0 bridgehead atoms. The molecule has 1 aromatic heterocycles. The predicted molar refractivity (Wildman–Crippen MR) is 127 cm³/mol. The lowest BCUT2D eigenvalue weighted by atomic mass is 10.0. The van der Waals surface area contributed by atoms with Crippen LogP contribution >= 0.6 is 24.0 Å². The first-order valence-corrected chi connectivity index (χ1v) is 9.87. The van der Waals surface area contributed by atoms with Crippen LogP contribution in [0.1, 0.15) is 38.7 Å². The summed E-state index contributed by atoms with van der Waals surface area (Å²) in [6.07, 6.45) is 6.98. The van der Waals surface area contributed by atoms with Crippen molar-refractivity contribution in [1.82, 2.24) is 20.0 Å². The number of rotatable bonds is 10. The molecule has 0 radical (unpaired) electrons. The van der Waals surface area contributed by atoms with Gasteiger partial charge < -0.3 is 15.3 Å². The molecule has 6 nitrogen and oxygen atoms in total. The highest BCUT2D eigenvalue weighted by Gasteiger charge is 2.11. The van der Waals surface area contributed by atoms with E-state index in [0.29, 0.717) is 5.92 Å². The molecule has 0 saturated heterocycles. The van der Waals surface area contributed by atoms with Gasteiger partial charge in [0.05, 0.1) is 11.9 Å². The molecule has 0 saturated carbocycles. The number of para-hydroxylation sites is 1. The molecule has 2 rings (SSSR count). The highest BCUT2D eigenvalue weighted by molar-refractivity contribution is 14.0. The zero-order valence-electron chi connectivity index (χ0n) is 17.2. The predicted octanol–water partition coefficient (Wildman–Crippen LogP) is 3.69. The summed E-state index contributed by atoms with van der Waals surface area (Å²) in [6.45, 7) is 6.78. The number of aliphatic hydroxyl groups is 1. The molecule has 28 heavy (non-hydrogen) atoms. The molecule has 2 N–H and O–H groups in total. The summed E-state index contributed by atoms with van der Waals surface area (Å²) >= 11 is 0. The molecule has 0 aliphatic heterocycles. The molecule has 156 valence electrons. The summed E-state index contributed by atoms with van der Waals surface area (Å²) in [4.78, 5) is 6.93. The largest absolute Gasteiger partial charge is 0.396 e. The zero-order valence-corrected chi connectivity index (χ0v) is 19.5. The first kappa shape index (κ1) is 24.4. The topological polar surface area (TPSA) is 65.7 Å². The summed E-state index contributed by atoms with van der Waals surface area (Å²) in [6, 6.07) is 10.1. The van der Waals surface area contributed by atoms with Gasteiger partial charge in [0.1, 0.15) is 0 Å². The summed E-state index contributed by atoms with van der Waals surface area (Å²) in [5, 5.41) is 17.1. The Morgan fingerprint density at radius 1 is 1.25 bits per heavy atom. The number of benzene rings is 1. The van der Waals surface area contributed by atoms with Crippen LogP contribution in [0.4, 0.5) is 0 Å². The van der Waals surface area contributed by atoms with Crippen LogP contribution in [0.3, 0.4) is 0 Å². The van der Waals surface area contributed by atoms with Crippen molar-refractivity contribution in [3.63, 3.8) is 0 Å². The Hall–Kier alpha value is -1.61. The Morgan fingerprint density at radius 2 is 2.00 bits per heavy atom. The van der Waals surface area contributed by atoms with Crippen LogP contribution in [0.5, 0.6) is 0 Å². The van der Waals surface area contributed by atoms with Crippen LogP contribution in [-0.2, 0) is 6.54 Å². The van der Waals surface area contributed by atoms with Crippen molar-refractivity contribution in [1.29, 1.82) is 0 Å². The third-order valence-corrected chi connectivity index (χ3v) is 4.51. The zero-order chi connectivity index (χ0) is 19.5. The van der Waals surface area contributed by atoms with Crippen molar-refractivity contribution < 1.29 is 5.11 Å². The molecule has 1 aromatic carbocycles. The minimum Gasteiger partial charge on any atom is -0.396 e. The average molecular weight is 499 g/mol. The second-order valence-corrected chi connectivity index (χ2v) is 6.85. The van der Waals surface area contributed by atoms with Gasteiger partial charge in [-0.2, -0.15) is 5.10 Å². The van der Waals surface area contributed by atoms with Crippen LogP contribution in [0.2, 0.25) is 0 Å². The van der Waals surface area contributed by atoms with Crippen molar-refractivity contribution in [2.24, 2.45) is 10.9 Å². The molecule has 2 aromatic rings. The van der Waals surface area contributed by atoms with Gasteiger partial charge in [-0.25, -0.2) is 4.68 Å². The number of nitrogens with one attached hydrogen (secondary N) is 1. The van der Waals surface area contributed by atoms with Crippen LogP contribution in [0.15, 0.2) is 47.7 Å². The first-order chi connectivity index (χ1) is 13.2. The van der Waals surface area contributed by atoms with E-state index in [1.807, 2.05) is 48.3 Å².